The Labute approximate surface area is 90.0 Å². The molecule has 0 aliphatic carbocycles. The van der Waals surface area contributed by atoms with Crippen LogP contribution < -0.4 is 11.1 Å². The molecule has 0 aromatic heterocycles. The Morgan fingerprint density at radius 1 is 1.13 bits per heavy atom. The molecule has 5 nitrogen and oxygen atoms in total. The van der Waals surface area contributed by atoms with E-state index in [9.17, 15) is 9.59 Å². The van der Waals surface area contributed by atoms with Crippen LogP contribution in [0.3, 0.4) is 0 Å². The maximum absolute atomic E-state index is 11.5. The summed E-state index contributed by atoms with van der Waals surface area (Å²) in [5.41, 5.74) is 5.60. The van der Waals surface area contributed by atoms with E-state index in [0.717, 1.165) is 0 Å². The molecule has 0 heterocycles. The number of nitrogens with two attached hydrogens (primary N) is 1. The van der Waals surface area contributed by atoms with E-state index in [0.29, 0.717) is 0 Å². The summed E-state index contributed by atoms with van der Waals surface area (Å²) in [6.07, 6.45) is 0. The summed E-state index contributed by atoms with van der Waals surface area (Å²) < 4.78 is 0. The van der Waals surface area contributed by atoms with E-state index < -0.39 is 24.0 Å². The lowest BCUT2D eigenvalue weighted by atomic mass is 10.0. The highest BCUT2D eigenvalue weighted by Crippen LogP contribution is 2.04. The van der Waals surface area contributed by atoms with Gasteiger partial charge < -0.3 is 16.2 Å². The average Bonchev–Trinajstić information content (AvgIpc) is 2.11. The van der Waals surface area contributed by atoms with Gasteiger partial charge in [0.1, 0.15) is 6.04 Å². The number of amides is 1. The van der Waals surface area contributed by atoms with Crippen molar-refractivity contribution < 1.29 is 14.7 Å². The zero-order chi connectivity index (χ0) is 12.2. The van der Waals surface area contributed by atoms with Crippen molar-refractivity contribution in [2.45, 2.75) is 39.8 Å². The molecule has 0 fully saturated rings. The van der Waals surface area contributed by atoms with Crippen molar-refractivity contribution in [3.63, 3.8) is 0 Å². The van der Waals surface area contributed by atoms with Gasteiger partial charge in [-0.3, -0.25) is 4.79 Å². The zero-order valence-corrected chi connectivity index (χ0v) is 9.65. The van der Waals surface area contributed by atoms with Crippen LogP contribution in [0.15, 0.2) is 0 Å². The van der Waals surface area contributed by atoms with E-state index in [1.54, 1.807) is 13.8 Å². The Morgan fingerprint density at radius 3 is 1.87 bits per heavy atom. The van der Waals surface area contributed by atoms with Crippen molar-refractivity contribution in [1.29, 1.82) is 0 Å². The molecule has 0 radical (unpaired) electrons. The molecule has 1 amide bonds. The van der Waals surface area contributed by atoms with Crippen LogP contribution in [0.25, 0.3) is 0 Å². The smallest absolute Gasteiger partial charge is 0.326 e. The summed E-state index contributed by atoms with van der Waals surface area (Å²) in [6, 6.07) is -1.53. The monoisotopic (exact) mass is 216 g/mol. The first-order chi connectivity index (χ1) is 6.77. The van der Waals surface area contributed by atoms with Gasteiger partial charge >= 0.3 is 5.97 Å². The van der Waals surface area contributed by atoms with E-state index in [4.69, 9.17) is 10.8 Å². The second kappa shape index (κ2) is 5.70. The molecule has 2 atom stereocenters. The lowest BCUT2D eigenvalue weighted by Gasteiger charge is -2.21. The summed E-state index contributed by atoms with van der Waals surface area (Å²) >= 11 is 0. The van der Waals surface area contributed by atoms with E-state index in [1.165, 1.54) is 0 Å². The van der Waals surface area contributed by atoms with Gasteiger partial charge in [0.2, 0.25) is 5.91 Å². The van der Waals surface area contributed by atoms with Crippen molar-refractivity contribution >= 4 is 11.9 Å². The fourth-order valence-electron chi connectivity index (χ4n) is 1.07. The van der Waals surface area contributed by atoms with Crippen LogP contribution in [-0.4, -0.2) is 29.1 Å². The normalized spacial score (nSPS) is 15.1. The maximum atomic E-state index is 11.5. The number of carbonyl (C=O) groups excluding carboxylic acids is 1. The second-order valence-electron chi connectivity index (χ2n) is 4.34. The van der Waals surface area contributed by atoms with E-state index >= 15 is 0 Å². The van der Waals surface area contributed by atoms with Gasteiger partial charge in [-0.05, 0) is 11.8 Å². The maximum Gasteiger partial charge on any atom is 0.326 e. The first-order valence-electron chi connectivity index (χ1n) is 5.06. The average molecular weight is 216 g/mol. The van der Waals surface area contributed by atoms with Crippen LogP contribution in [0, 0.1) is 11.8 Å². The van der Waals surface area contributed by atoms with Gasteiger partial charge in [-0.15, -0.1) is 0 Å². The molecule has 5 heteroatoms. The van der Waals surface area contributed by atoms with Gasteiger partial charge in [0.25, 0.3) is 0 Å². The van der Waals surface area contributed by atoms with E-state index in [-0.39, 0.29) is 11.8 Å². The highest BCUT2D eigenvalue weighted by Gasteiger charge is 2.26. The molecule has 0 spiro atoms. The number of hydrogen-bond acceptors (Lipinski definition) is 3. The van der Waals surface area contributed by atoms with Gasteiger partial charge in [-0.25, -0.2) is 4.79 Å². The standard InChI is InChI=1S/C10H20N2O3/c1-5(2)7(11)9(13)12-8(6(3)4)10(14)15/h5-8H,11H2,1-4H3,(H,12,13)(H,14,15)/t7-,8?/m1/s1. The summed E-state index contributed by atoms with van der Waals surface area (Å²) in [5.74, 6) is -1.61. The number of nitrogens with one attached hydrogen (secondary N) is 1. The molecule has 0 aliphatic heterocycles. The fraction of sp³-hybridized carbons (Fsp3) is 0.800. The van der Waals surface area contributed by atoms with Crippen LogP contribution in [0.1, 0.15) is 27.7 Å². The SMILES string of the molecule is CC(C)C(NC(=O)[C@H](N)C(C)C)C(=O)O. The van der Waals surface area contributed by atoms with E-state index in [1.807, 2.05) is 13.8 Å². The summed E-state index contributed by atoms with van der Waals surface area (Å²) in [5, 5.41) is 11.3. The molecule has 0 aliphatic rings. The molecule has 88 valence electrons. The van der Waals surface area contributed by atoms with Gasteiger partial charge in [-0.2, -0.15) is 0 Å². The predicted octanol–water partition coefficient (Wildman–Crippen LogP) is 0.195. The van der Waals surface area contributed by atoms with Crippen molar-refractivity contribution in [2.75, 3.05) is 0 Å². The van der Waals surface area contributed by atoms with Crippen LogP contribution in [0.2, 0.25) is 0 Å². The highest BCUT2D eigenvalue weighted by molar-refractivity contribution is 5.87. The molecule has 0 saturated carbocycles. The predicted molar refractivity (Wildman–Crippen MR) is 57.2 cm³/mol. The second-order valence-corrected chi connectivity index (χ2v) is 4.34. The third-order valence-electron chi connectivity index (χ3n) is 2.25. The summed E-state index contributed by atoms with van der Waals surface area (Å²) in [4.78, 5) is 22.3. The van der Waals surface area contributed by atoms with Gasteiger partial charge in [0.05, 0.1) is 6.04 Å². The molecule has 0 aromatic carbocycles. The van der Waals surface area contributed by atoms with Crippen LogP contribution in [-0.2, 0) is 9.59 Å². The Bertz CT molecular complexity index is 239. The molecule has 0 saturated heterocycles. The Hall–Kier alpha value is -1.10. The van der Waals surface area contributed by atoms with Crippen LogP contribution in [0.4, 0.5) is 0 Å². The molecule has 0 rings (SSSR count). The Balaban J connectivity index is 4.43. The number of rotatable bonds is 5. The van der Waals surface area contributed by atoms with Crippen LogP contribution in [0.5, 0.6) is 0 Å². The summed E-state index contributed by atoms with van der Waals surface area (Å²) in [7, 11) is 0. The van der Waals surface area contributed by atoms with Crippen molar-refractivity contribution in [3.05, 3.63) is 0 Å². The Morgan fingerprint density at radius 2 is 1.60 bits per heavy atom. The number of carboxylic acid groups (broad SMARTS) is 1. The van der Waals surface area contributed by atoms with Crippen LogP contribution >= 0.6 is 0 Å². The molecule has 0 bridgehead atoms. The first kappa shape index (κ1) is 13.9. The fourth-order valence-corrected chi connectivity index (χ4v) is 1.07. The quantitative estimate of drug-likeness (QED) is 0.612. The van der Waals surface area contributed by atoms with Gasteiger partial charge in [0, 0.05) is 0 Å². The number of hydrogen-bond donors (Lipinski definition) is 3. The topological polar surface area (TPSA) is 92.4 Å². The third-order valence-corrected chi connectivity index (χ3v) is 2.25. The summed E-state index contributed by atoms with van der Waals surface area (Å²) in [6.45, 7) is 7.10. The zero-order valence-electron chi connectivity index (χ0n) is 9.65. The number of aliphatic carboxylic acids is 1. The minimum Gasteiger partial charge on any atom is -0.480 e. The minimum atomic E-state index is -1.03. The lowest BCUT2D eigenvalue weighted by Crippen LogP contribution is -2.52. The van der Waals surface area contributed by atoms with Crippen molar-refractivity contribution in [1.82, 2.24) is 5.32 Å². The van der Waals surface area contributed by atoms with Crippen molar-refractivity contribution in [2.24, 2.45) is 17.6 Å². The molecular formula is C10H20N2O3. The van der Waals surface area contributed by atoms with Crippen molar-refractivity contribution in [3.8, 4) is 0 Å². The van der Waals surface area contributed by atoms with Gasteiger partial charge in [0.15, 0.2) is 0 Å². The third kappa shape index (κ3) is 4.29. The number of carbonyl (C=O) groups is 2. The molecule has 1 unspecified atom stereocenters. The number of carboxylic acids is 1. The molecular weight excluding hydrogens is 196 g/mol. The van der Waals surface area contributed by atoms with Gasteiger partial charge in [-0.1, -0.05) is 27.7 Å². The largest absolute Gasteiger partial charge is 0.480 e. The lowest BCUT2D eigenvalue weighted by molar-refractivity contribution is -0.143. The van der Waals surface area contributed by atoms with E-state index in [2.05, 4.69) is 5.32 Å². The molecule has 15 heavy (non-hydrogen) atoms. The molecule has 0 aromatic rings. The molecule has 4 N–H and O–H groups in total. The first-order valence-corrected chi connectivity index (χ1v) is 5.06. The Kier molecular flexibility index (Phi) is 5.28. The highest BCUT2D eigenvalue weighted by atomic mass is 16.4. The minimum absolute atomic E-state index is 0.00777.